The van der Waals surface area contributed by atoms with E-state index in [1.807, 2.05) is 32.9 Å². The number of aliphatic hydroxyl groups is 1. The minimum atomic E-state index is -0.691. The van der Waals surface area contributed by atoms with Gasteiger partial charge in [-0.05, 0) is 32.9 Å². The van der Waals surface area contributed by atoms with E-state index < -0.39 is 12.4 Å². The second kappa shape index (κ2) is 6.23. The molecule has 0 aliphatic carbocycles. The molecule has 0 aliphatic heterocycles. The first-order valence-electron chi connectivity index (χ1n) is 5.16. The second-order valence-corrected chi connectivity index (χ2v) is 4.49. The molecule has 0 saturated carbocycles. The molecule has 0 fully saturated rings. The molecule has 15 heavy (non-hydrogen) atoms. The SMILES string of the molecule is CCOC(OCC)C(O)c1ccc(C)s1. The van der Waals surface area contributed by atoms with Gasteiger partial charge in [-0.25, -0.2) is 0 Å². The summed E-state index contributed by atoms with van der Waals surface area (Å²) in [4.78, 5) is 2.06. The van der Waals surface area contributed by atoms with Crippen molar-refractivity contribution >= 4 is 11.3 Å². The van der Waals surface area contributed by atoms with Crippen LogP contribution in [0.4, 0.5) is 0 Å². The molecule has 1 aromatic heterocycles. The van der Waals surface area contributed by atoms with Crippen molar-refractivity contribution in [3.05, 3.63) is 21.9 Å². The topological polar surface area (TPSA) is 38.7 Å². The first-order chi connectivity index (χ1) is 7.19. The molecule has 0 radical (unpaired) electrons. The standard InChI is InChI=1S/C11H18O3S/c1-4-13-11(14-5-2)10(12)9-7-6-8(3)15-9/h6-7,10-12H,4-5H2,1-3H3. The van der Waals surface area contributed by atoms with Crippen LogP contribution >= 0.6 is 11.3 Å². The molecule has 0 aromatic carbocycles. The van der Waals surface area contributed by atoms with Gasteiger partial charge in [-0.3, -0.25) is 0 Å². The number of hydrogen-bond donors (Lipinski definition) is 1. The van der Waals surface area contributed by atoms with Crippen molar-refractivity contribution in [2.45, 2.75) is 33.2 Å². The molecule has 0 aliphatic rings. The highest BCUT2D eigenvalue weighted by molar-refractivity contribution is 7.12. The lowest BCUT2D eigenvalue weighted by molar-refractivity contribution is -0.190. The summed E-state index contributed by atoms with van der Waals surface area (Å²) < 4.78 is 10.7. The monoisotopic (exact) mass is 230 g/mol. The van der Waals surface area contributed by atoms with Crippen molar-refractivity contribution in [3.8, 4) is 0 Å². The van der Waals surface area contributed by atoms with Crippen LogP contribution < -0.4 is 0 Å². The fourth-order valence-electron chi connectivity index (χ4n) is 1.31. The van der Waals surface area contributed by atoms with Crippen LogP contribution in [0.15, 0.2) is 12.1 Å². The summed E-state index contributed by atoms with van der Waals surface area (Å²) in [5, 5.41) is 10.0. The Morgan fingerprint density at radius 3 is 2.27 bits per heavy atom. The maximum absolute atomic E-state index is 10.0. The van der Waals surface area contributed by atoms with Gasteiger partial charge in [-0.1, -0.05) is 0 Å². The van der Waals surface area contributed by atoms with Crippen LogP contribution in [0.3, 0.4) is 0 Å². The van der Waals surface area contributed by atoms with Crippen molar-refractivity contribution in [1.82, 2.24) is 0 Å². The summed E-state index contributed by atoms with van der Waals surface area (Å²) in [6, 6.07) is 3.90. The lowest BCUT2D eigenvalue weighted by Crippen LogP contribution is -2.25. The molecule has 1 aromatic rings. The quantitative estimate of drug-likeness (QED) is 0.763. The van der Waals surface area contributed by atoms with E-state index in [1.54, 1.807) is 11.3 Å². The summed E-state index contributed by atoms with van der Waals surface area (Å²) in [6.07, 6.45) is -1.25. The Morgan fingerprint density at radius 2 is 1.87 bits per heavy atom. The smallest absolute Gasteiger partial charge is 0.188 e. The number of aryl methyl sites for hydroxylation is 1. The zero-order valence-corrected chi connectivity index (χ0v) is 10.2. The van der Waals surface area contributed by atoms with Crippen LogP contribution in [0.2, 0.25) is 0 Å². The van der Waals surface area contributed by atoms with E-state index in [2.05, 4.69) is 0 Å². The third-order valence-electron chi connectivity index (χ3n) is 1.97. The Morgan fingerprint density at radius 1 is 1.27 bits per heavy atom. The van der Waals surface area contributed by atoms with E-state index in [0.29, 0.717) is 13.2 Å². The number of ether oxygens (including phenoxy) is 2. The first kappa shape index (κ1) is 12.6. The highest BCUT2D eigenvalue weighted by Crippen LogP contribution is 2.26. The average Bonchev–Trinajstić information content (AvgIpc) is 2.63. The zero-order chi connectivity index (χ0) is 11.3. The van der Waals surface area contributed by atoms with Gasteiger partial charge in [0.15, 0.2) is 6.29 Å². The molecule has 3 nitrogen and oxygen atoms in total. The van der Waals surface area contributed by atoms with Crippen molar-refractivity contribution in [1.29, 1.82) is 0 Å². The van der Waals surface area contributed by atoms with Gasteiger partial charge in [-0.2, -0.15) is 0 Å². The highest BCUT2D eigenvalue weighted by atomic mass is 32.1. The minimum absolute atomic E-state index is 0.534. The van der Waals surface area contributed by atoms with Gasteiger partial charge in [0.25, 0.3) is 0 Å². The summed E-state index contributed by atoms with van der Waals surface area (Å²) in [5.41, 5.74) is 0. The van der Waals surface area contributed by atoms with Gasteiger partial charge in [0, 0.05) is 23.0 Å². The largest absolute Gasteiger partial charge is 0.382 e. The molecule has 1 rings (SSSR count). The predicted molar refractivity (Wildman–Crippen MR) is 61.1 cm³/mol. The molecule has 1 heterocycles. The molecular weight excluding hydrogens is 212 g/mol. The van der Waals surface area contributed by atoms with Gasteiger partial charge < -0.3 is 14.6 Å². The molecular formula is C11H18O3S. The molecule has 1 atom stereocenters. The van der Waals surface area contributed by atoms with Gasteiger partial charge in [0.2, 0.25) is 0 Å². The first-order valence-corrected chi connectivity index (χ1v) is 5.98. The van der Waals surface area contributed by atoms with E-state index in [1.165, 1.54) is 4.88 Å². The molecule has 0 saturated heterocycles. The van der Waals surface area contributed by atoms with E-state index in [9.17, 15) is 5.11 Å². The summed E-state index contributed by atoms with van der Waals surface area (Å²) >= 11 is 1.57. The summed E-state index contributed by atoms with van der Waals surface area (Å²) in [5.74, 6) is 0. The molecule has 4 heteroatoms. The van der Waals surface area contributed by atoms with Crippen molar-refractivity contribution in [3.63, 3.8) is 0 Å². The van der Waals surface area contributed by atoms with E-state index >= 15 is 0 Å². The minimum Gasteiger partial charge on any atom is -0.382 e. The highest BCUT2D eigenvalue weighted by Gasteiger charge is 2.22. The lowest BCUT2D eigenvalue weighted by atomic mass is 10.3. The molecule has 1 unspecified atom stereocenters. The molecule has 86 valence electrons. The Kier molecular flexibility index (Phi) is 5.25. The maximum atomic E-state index is 10.0. The number of aliphatic hydroxyl groups excluding tert-OH is 1. The van der Waals surface area contributed by atoms with Gasteiger partial charge in [0.1, 0.15) is 6.10 Å². The molecule has 0 bridgehead atoms. The lowest BCUT2D eigenvalue weighted by Gasteiger charge is -2.21. The Hall–Kier alpha value is -0.420. The Bertz CT molecular complexity index is 279. The van der Waals surface area contributed by atoms with E-state index in [4.69, 9.17) is 9.47 Å². The van der Waals surface area contributed by atoms with E-state index in [0.717, 1.165) is 4.88 Å². The van der Waals surface area contributed by atoms with Crippen LogP contribution in [0, 0.1) is 6.92 Å². The average molecular weight is 230 g/mol. The van der Waals surface area contributed by atoms with Crippen LogP contribution in [0.1, 0.15) is 29.7 Å². The number of rotatable bonds is 6. The molecule has 0 spiro atoms. The summed E-state index contributed by atoms with van der Waals surface area (Å²) in [6.45, 7) is 6.85. The zero-order valence-electron chi connectivity index (χ0n) is 9.40. The normalized spacial score (nSPS) is 13.4. The van der Waals surface area contributed by atoms with Gasteiger partial charge in [0.05, 0.1) is 0 Å². The Balaban J connectivity index is 2.66. The van der Waals surface area contributed by atoms with Crippen LogP contribution in [0.25, 0.3) is 0 Å². The third-order valence-corrected chi connectivity index (χ3v) is 3.04. The maximum Gasteiger partial charge on any atom is 0.188 e. The predicted octanol–water partition coefficient (Wildman–Crippen LogP) is 2.49. The van der Waals surface area contributed by atoms with Gasteiger partial charge >= 0.3 is 0 Å². The second-order valence-electron chi connectivity index (χ2n) is 3.17. The molecule has 1 N–H and O–H groups in total. The Labute approximate surface area is 94.6 Å². The van der Waals surface area contributed by atoms with Crippen molar-refractivity contribution in [2.24, 2.45) is 0 Å². The fourth-order valence-corrected chi connectivity index (χ4v) is 2.18. The van der Waals surface area contributed by atoms with Crippen molar-refractivity contribution < 1.29 is 14.6 Å². The van der Waals surface area contributed by atoms with Crippen LogP contribution in [-0.4, -0.2) is 24.6 Å². The number of thiophene rings is 1. The van der Waals surface area contributed by atoms with Crippen LogP contribution in [0.5, 0.6) is 0 Å². The third kappa shape index (κ3) is 3.57. The van der Waals surface area contributed by atoms with Crippen molar-refractivity contribution in [2.75, 3.05) is 13.2 Å². The number of hydrogen-bond acceptors (Lipinski definition) is 4. The fraction of sp³-hybridized carbons (Fsp3) is 0.636. The van der Waals surface area contributed by atoms with Crippen LogP contribution in [-0.2, 0) is 9.47 Å². The summed E-state index contributed by atoms with van der Waals surface area (Å²) in [7, 11) is 0. The molecule has 0 amide bonds. The van der Waals surface area contributed by atoms with E-state index in [-0.39, 0.29) is 0 Å². The van der Waals surface area contributed by atoms with Gasteiger partial charge in [-0.15, -0.1) is 11.3 Å².